The van der Waals surface area contributed by atoms with E-state index in [0.29, 0.717) is 0 Å². The van der Waals surface area contributed by atoms with Crippen molar-refractivity contribution in [1.82, 2.24) is 15.2 Å². The number of rotatable bonds is 8. The maximum atomic E-state index is 13.7. The Morgan fingerprint density at radius 3 is 2.61 bits per heavy atom. The van der Waals surface area contributed by atoms with Crippen molar-refractivity contribution in [2.45, 2.75) is 51.4 Å². The van der Waals surface area contributed by atoms with E-state index in [0.717, 1.165) is 0 Å². The molecule has 0 spiro atoms. The van der Waals surface area contributed by atoms with Crippen molar-refractivity contribution < 1.29 is 23.8 Å². The Bertz CT molecular complexity index is 772. The van der Waals surface area contributed by atoms with Crippen molar-refractivity contribution in [3.63, 3.8) is 0 Å². The second-order valence-electron chi connectivity index (χ2n) is 8.98. The molecule has 0 saturated carbocycles. The molecule has 9 nitrogen and oxygen atoms in total. The summed E-state index contributed by atoms with van der Waals surface area (Å²) in [6.07, 6.45) is -0.613. The van der Waals surface area contributed by atoms with Crippen molar-refractivity contribution in [1.29, 1.82) is 0 Å². The van der Waals surface area contributed by atoms with Gasteiger partial charge in [-0.1, -0.05) is 32.9 Å². The van der Waals surface area contributed by atoms with Crippen molar-refractivity contribution in [3.8, 4) is 5.75 Å². The largest absolute Gasteiger partial charge is 0.489 e. The molecule has 1 fully saturated rings. The number of β-amino-alcohol motifs (C(OH)–C–C–N with tert-alkyl or cyclic N) is 1. The number of ether oxygens (including phenoxy) is 1. The van der Waals surface area contributed by atoms with Crippen LogP contribution >= 0.6 is 0 Å². The number of likely N-dealkylation sites (tertiary alicyclic amines) is 1. The average Bonchev–Trinajstić information content (AvgIpc) is 3.07. The molecule has 1 aromatic rings. The zero-order valence-corrected chi connectivity index (χ0v) is 18.5. The first-order valence-electron chi connectivity index (χ1n) is 10.3. The molecular formula is C21H34FN5O4. The summed E-state index contributed by atoms with van der Waals surface area (Å²) in [6, 6.07) is 3.85. The predicted molar refractivity (Wildman–Crippen MR) is 114 cm³/mol. The molecule has 1 saturated heterocycles. The first-order chi connectivity index (χ1) is 14.5. The van der Waals surface area contributed by atoms with Gasteiger partial charge in [0.25, 0.3) is 0 Å². The minimum atomic E-state index is -0.801. The van der Waals surface area contributed by atoms with Crippen LogP contribution < -0.4 is 21.6 Å². The van der Waals surface area contributed by atoms with Crippen molar-refractivity contribution in [2.75, 3.05) is 26.7 Å². The summed E-state index contributed by atoms with van der Waals surface area (Å²) in [5.74, 6) is 5.18. The zero-order valence-electron chi connectivity index (χ0n) is 18.5. The molecule has 6 N–H and O–H groups in total. The monoisotopic (exact) mass is 439 g/mol. The summed E-state index contributed by atoms with van der Waals surface area (Å²) in [5.41, 5.74) is 5.54. The Hall–Kier alpha value is -2.27. The lowest BCUT2D eigenvalue weighted by Crippen LogP contribution is -2.61. The molecule has 1 aliphatic heterocycles. The number of aliphatic hydroxyl groups excluding tert-OH is 1. The van der Waals surface area contributed by atoms with Crippen LogP contribution in [0.5, 0.6) is 5.75 Å². The number of para-hydroxylation sites is 1. The summed E-state index contributed by atoms with van der Waals surface area (Å²) >= 11 is 0. The molecule has 1 aromatic carbocycles. The molecule has 31 heavy (non-hydrogen) atoms. The van der Waals surface area contributed by atoms with Gasteiger partial charge in [-0.2, -0.15) is 0 Å². The van der Waals surface area contributed by atoms with Crippen LogP contribution in [0.2, 0.25) is 0 Å². The van der Waals surface area contributed by atoms with Gasteiger partial charge in [-0.3, -0.25) is 15.4 Å². The van der Waals surface area contributed by atoms with Gasteiger partial charge in [-0.25, -0.2) is 9.40 Å². The predicted octanol–water partition coefficient (Wildman–Crippen LogP) is -0.170. The highest BCUT2D eigenvalue weighted by Gasteiger charge is 2.45. The van der Waals surface area contributed by atoms with E-state index in [-0.39, 0.29) is 43.7 Å². The number of hydrogen-bond donors (Lipinski definition) is 4. The number of carbonyl (C=O) groups excluding carboxylic acids is 2. The van der Waals surface area contributed by atoms with E-state index in [1.165, 1.54) is 29.1 Å². The van der Waals surface area contributed by atoms with Crippen LogP contribution in [-0.2, 0) is 9.59 Å². The van der Waals surface area contributed by atoms with E-state index in [2.05, 4.69) is 5.32 Å². The van der Waals surface area contributed by atoms with Crippen molar-refractivity contribution in [3.05, 3.63) is 30.1 Å². The summed E-state index contributed by atoms with van der Waals surface area (Å²) in [6.45, 7) is 5.74. The van der Waals surface area contributed by atoms with Gasteiger partial charge in [0.05, 0.1) is 12.1 Å². The van der Waals surface area contributed by atoms with Gasteiger partial charge in [0.2, 0.25) is 11.8 Å². The van der Waals surface area contributed by atoms with Gasteiger partial charge in [0, 0.05) is 26.6 Å². The number of nitrogens with two attached hydrogens (primary N) is 2. The lowest BCUT2D eigenvalue weighted by Gasteiger charge is -2.40. The summed E-state index contributed by atoms with van der Waals surface area (Å²) in [4.78, 5) is 27.0. The Morgan fingerprint density at radius 1 is 1.39 bits per heavy atom. The minimum Gasteiger partial charge on any atom is -0.489 e. The molecule has 174 valence electrons. The van der Waals surface area contributed by atoms with E-state index < -0.39 is 35.5 Å². The number of carbonyl (C=O) groups is 2. The van der Waals surface area contributed by atoms with E-state index in [9.17, 15) is 19.1 Å². The summed E-state index contributed by atoms with van der Waals surface area (Å²) in [7, 11) is 1.49. The first-order valence-corrected chi connectivity index (χ1v) is 10.3. The summed E-state index contributed by atoms with van der Waals surface area (Å²) < 4.78 is 19.2. The van der Waals surface area contributed by atoms with Gasteiger partial charge in [-0.05, 0) is 17.5 Å². The normalized spacial score (nSPS) is 21.1. The Balaban J connectivity index is 2.09. The molecule has 2 amide bonds. The fourth-order valence-corrected chi connectivity index (χ4v) is 3.83. The lowest BCUT2D eigenvalue weighted by atomic mass is 9.85. The van der Waals surface area contributed by atoms with Crippen molar-refractivity contribution >= 4 is 11.8 Å². The standard InChI is InChI=1S/C21H34FN5O4/c1-21(2,3)18(20(30)26-11-14(28)9-16(26)19(29)25-4)27(24)10-13(23)12-31-17-8-6-5-7-15(17)22/h5-8,13-14,16,18,28H,9-12,23-24H2,1-4H3,(H,25,29). The van der Waals surface area contributed by atoms with Gasteiger partial charge in [0.15, 0.2) is 11.6 Å². The van der Waals surface area contributed by atoms with E-state index >= 15 is 0 Å². The van der Waals surface area contributed by atoms with E-state index in [1.54, 1.807) is 12.1 Å². The van der Waals surface area contributed by atoms with E-state index in [1.807, 2.05) is 20.8 Å². The van der Waals surface area contributed by atoms with Crippen LogP contribution in [0.25, 0.3) is 0 Å². The molecule has 1 heterocycles. The third-order valence-corrected chi connectivity index (χ3v) is 5.23. The third-order valence-electron chi connectivity index (χ3n) is 5.23. The van der Waals surface area contributed by atoms with Gasteiger partial charge >= 0.3 is 0 Å². The van der Waals surface area contributed by atoms with Gasteiger partial charge in [-0.15, -0.1) is 0 Å². The molecule has 1 aliphatic rings. The van der Waals surface area contributed by atoms with Crippen LogP contribution in [0.1, 0.15) is 27.2 Å². The highest BCUT2D eigenvalue weighted by atomic mass is 19.1. The number of nitrogens with zero attached hydrogens (tertiary/aromatic N) is 2. The smallest absolute Gasteiger partial charge is 0.242 e. The molecule has 0 radical (unpaired) electrons. The summed E-state index contributed by atoms with van der Waals surface area (Å²) in [5, 5.41) is 13.9. The number of halogens is 1. The number of amides is 2. The second-order valence-corrected chi connectivity index (χ2v) is 8.98. The molecule has 2 rings (SSSR count). The van der Waals surface area contributed by atoms with Crippen LogP contribution in [0.4, 0.5) is 4.39 Å². The molecule has 0 aromatic heterocycles. The Morgan fingerprint density at radius 2 is 2.03 bits per heavy atom. The average molecular weight is 440 g/mol. The number of nitrogens with one attached hydrogen (secondary N) is 1. The maximum absolute atomic E-state index is 13.7. The third kappa shape index (κ3) is 6.36. The fraction of sp³-hybridized carbons (Fsp3) is 0.619. The van der Waals surface area contributed by atoms with Crippen LogP contribution in [-0.4, -0.2) is 77.8 Å². The van der Waals surface area contributed by atoms with Gasteiger partial charge in [0.1, 0.15) is 18.7 Å². The molecule has 4 atom stereocenters. The molecule has 4 unspecified atom stereocenters. The molecule has 0 aliphatic carbocycles. The fourth-order valence-electron chi connectivity index (χ4n) is 3.83. The minimum absolute atomic E-state index is 0.00296. The van der Waals surface area contributed by atoms with Gasteiger partial charge < -0.3 is 25.8 Å². The topological polar surface area (TPSA) is 134 Å². The number of hydrogen-bond acceptors (Lipinski definition) is 7. The Kier molecular flexibility index (Phi) is 8.35. The number of benzene rings is 1. The molecule has 10 heteroatoms. The zero-order chi connectivity index (χ0) is 23.3. The van der Waals surface area contributed by atoms with Crippen LogP contribution in [0.3, 0.4) is 0 Å². The van der Waals surface area contributed by atoms with Crippen LogP contribution in [0, 0.1) is 11.2 Å². The quantitative estimate of drug-likeness (QED) is 0.326. The molecular weight excluding hydrogens is 405 g/mol. The maximum Gasteiger partial charge on any atom is 0.242 e. The molecule has 0 bridgehead atoms. The lowest BCUT2D eigenvalue weighted by molar-refractivity contribution is -0.146. The van der Waals surface area contributed by atoms with Crippen molar-refractivity contribution in [2.24, 2.45) is 17.0 Å². The number of aliphatic hydroxyl groups is 1. The Labute approximate surface area is 182 Å². The highest BCUT2D eigenvalue weighted by molar-refractivity contribution is 5.90. The highest BCUT2D eigenvalue weighted by Crippen LogP contribution is 2.28. The SMILES string of the molecule is CNC(=O)C1CC(O)CN1C(=O)C(N(N)CC(N)COc1ccccc1F)C(C)(C)C. The number of likely N-dealkylation sites (N-methyl/N-ethyl adjacent to an activating group) is 1. The van der Waals surface area contributed by atoms with E-state index in [4.69, 9.17) is 16.3 Å². The van der Waals surface area contributed by atoms with Crippen LogP contribution in [0.15, 0.2) is 24.3 Å². The second kappa shape index (κ2) is 10.4. The number of hydrazine groups is 1. The first kappa shape index (κ1) is 25.0.